The van der Waals surface area contributed by atoms with Crippen molar-refractivity contribution in [1.29, 1.82) is 0 Å². The van der Waals surface area contributed by atoms with Crippen LogP contribution >= 0.6 is 0 Å². The molecule has 0 saturated heterocycles. The van der Waals surface area contributed by atoms with Gasteiger partial charge in [-0.2, -0.15) is 0 Å². The molecule has 0 unspecified atom stereocenters. The SMILES string of the molecule is CC.CCC1CCC(C(C)(C)C2CCC(C)CC2)CC1. The summed E-state index contributed by atoms with van der Waals surface area (Å²) in [5, 5.41) is 0. The van der Waals surface area contributed by atoms with Gasteiger partial charge in [0.25, 0.3) is 0 Å². The molecule has 0 heterocycles. The Hall–Kier alpha value is 0. The van der Waals surface area contributed by atoms with Crippen LogP contribution in [0.25, 0.3) is 0 Å². The zero-order valence-corrected chi connectivity index (χ0v) is 15.2. The largest absolute Gasteiger partial charge is 0.0683 e. The molecule has 20 heavy (non-hydrogen) atoms. The molecule has 0 heteroatoms. The fourth-order valence-corrected chi connectivity index (χ4v) is 4.65. The number of hydrogen-bond donors (Lipinski definition) is 0. The van der Waals surface area contributed by atoms with Crippen LogP contribution in [-0.4, -0.2) is 0 Å². The first-order valence-corrected chi connectivity index (χ1v) is 9.54. The van der Waals surface area contributed by atoms with Crippen LogP contribution in [0.1, 0.15) is 99.3 Å². The highest BCUT2D eigenvalue weighted by Crippen LogP contribution is 2.49. The van der Waals surface area contributed by atoms with Gasteiger partial charge in [-0.05, 0) is 54.8 Å². The van der Waals surface area contributed by atoms with Gasteiger partial charge in [0.15, 0.2) is 0 Å². The molecule has 0 aromatic heterocycles. The van der Waals surface area contributed by atoms with Crippen LogP contribution < -0.4 is 0 Å². The third-order valence-corrected chi connectivity index (χ3v) is 6.54. The highest BCUT2D eigenvalue weighted by molar-refractivity contribution is 4.90. The van der Waals surface area contributed by atoms with Gasteiger partial charge in [0.05, 0.1) is 0 Å². The summed E-state index contributed by atoms with van der Waals surface area (Å²) >= 11 is 0. The van der Waals surface area contributed by atoms with Crippen LogP contribution in [0.15, 0.2) is 0 Å². The van der Waals surface area contributed by atoms with Crippen LogP contribution in [0.3, 0.4) is 0 Å². The molecule has 2 saturated carbocycles. The summed E-state index contributed by atoms with van der Waals surface area (Å²) in [6.45, 7) is 14.0. The highest BCUT2D eigenvalue weighted by Gasteiger charge is 2.39. The van der Waals surface area contributed by atoms with Gasteiger partial charge >= 0.3 is 0 Å². The molecule has 0 N–H and O–H groups in total. The van der Waals surface area contributed by atoms with Crippen molar-refractivity contribution in [2.45, 2.75) is 99.3 Å². The maximum absolute atomic E-state index is 2.59. The summed E-state index contributed by atoms with van der Waals surface area (Å²) in [5.41, 5.74) is 0.610. The molecule has 0 bridgehead atoms. The minimum Gasteiger partial charge on any atom is -0.0683 e. The van der Waals surface area contributed by atoms with E-state index in [4.69, 9.17) is 0 Å². The van der Waals surface area contributed by atoms with Crippen LogP contribution in [0.4, 0.5) is 0 Å². The fourth-order valence-electron chi connectivity index (χ4n) is 4.65. The zero-order chi connectivity index (χ0) is 15.2. The summed E-state index contributed by atoms with van der Waals surface area (Å²) < 4.78 is 0. The first-order chi connectivity index (χ1) is 9.54. The lowest BCUT2D eigenvalue weighted by atomic mass is 9.59. The molecule has 0 aliphatic heterocycles. The molecule has 2 aliphatic carbocycles. The van der Waals surface area contributed by atoms with E-state index in [1.54, 1.807) is 0 Å². The summed E-state index contributed by atoms with van der Waals surface area (Å²) in [6.07, 6.45) is 13.4. The van der Waals surface area contributed by atoms with Crippen molar-refractivity contribution in [3.8, 4) is 0 Å². The molecule has 0 atom stereocenters. The Morgan fingerprint density at radius 2 is 1.15 bits per heavy atom. The van der Waals surface area contributed by atoms with E-state index in [1.165, 1.54) is 57.8 Å². The van der Waals surface area contributed by atoms with Crippen LogP contribution in [0.5, 0.6) is 0 Å². The van der Waals surface area contributed by atoms with Crippen molar-refractivity contribution < 1.29 is 0 Å². The summed E-state index contributed by atoms with van der Waals surface area (Å²) in [7, 11) is 0. The predicted molar refractivity (Wildman–Crippen MR) is 92.0 cm³/mol. The third-order valence-electron chi connectivity index (χ3n) is 6.54. The first kappa shape index (κ1) is 18.1. The van der Waals surface area contributed by atoms with Gasteiger partial charge in [0.1, 0.15) is 0 Å². The molecule has 0 amide bonds. The van der Waals surface area contributed by atoms with Gasteiger partial charge in [-0.25, -0.2) is 0 Å². The maximum Gasteiger partial charge on any atom is -0.0298 e. The lowest BCUT2D eigenvalue weighted by molar-refractivity contribution is 0.0401. The molecule has 0 nitrogen and oxygen atoms in total. The Morgan fingerprint density at radius 1 is 0.750 bits per heavy atom. The van der Waals surface area contributed by atoms with Crippen molar-refractivity contribution in [2.24, 2.45) is 29.1 Å². The molecule has 0 radical (unpaired) electrons. The van der Waals surface area contributed by atoms with E-state index in [2.05, 4.69) is 27.7 Å². The Kier molecular flexibility index (Phi) is 7.62. The molecule has 2 fully saturated rings. The molecule has 120 valence electrons. The standard InChI is InChI=1S/C18H34.C2H6/c1-5-15-8-12-17(13-9-15)18(3,4)16-10-6-14(2)7-11-16;1-2/h14-17H,5-13H2,1-4H3;1-2H3. The second-order valence-corrected chi connectivity index (χ2v) is 7.90. The normalized spacial score (nSPS) is 35.1. The third kappa shape index (κ3) is 4.50. The Morgan fingerprint density at radius 3 is 1.55 bits per heavy atom. The smallest absolute Gasteiger partial charge is 0.0298 e. The van der Waals surface area contributed by atoms with E-state index in [9.17, 15) is 0 Å². The molecule has 0 aromatic carbocycles. The quantitative estimate of drug-likeness (QED) is 0.518. The summed E-state index contributed by atoms with van der Waals surface area (Å²) in [4.78, 5) is 0. The lowest BCUT2D eigenvalue weighted by Gasteiger charge is -2.46. The van der Waals surface area contributed by atoms with Gasteiger partial charge in [0.2, 0.25) is 0 Å². The summed E-state index contributed by atoms with van der Waals surface area (Å²) in [5.74, 6) is 4.06. The van der Waals surface area contributed by atoms with Gasteiger partial charge < -0.3 is 0 Å². The molecule has 0 spiro atoms. The number of hydrogen-bond acceptors (Lipinski definition) is 0. The molecule has 2 rings (SSSR count). The highest BCUT2D eigenvalue weighted by atomic mass is 14.4. The van der Waals surface area contributed by atoms with E-state index >= 15 is 0 Å². The van der Waals surface area contributed by atoms with Crippen LogP contribution in [0, 0.1) is 29.1 Å². The second-order valence-electron chi connectivity index (χ2n) is 7.90. The van der Waals surface area contributed by atoms with E-state index in [1.807, 2.05) is 13.8 Å². The molecular formula is C20H40. The van der Waals surface area contributed by atoms with Crippen LogP contribution in [-0.2, 0) is 0 Å². The van der Waals surface area contributed by atoms with Gasteiger partial charge in [-0.3, -0.25) is 0 Å². The van der Waals surface area contributed by atoms with Gasteiger partial charge in [-0.15, -0.1) is 0 Å². The van der Waals surface area contributed by atoms with E-state index in [0.29, 0.717) is 5.41 Å². The average Bonchev–Trinajstić information content (AvgIpc) is 2.50. The van der Waals surface area contributed by atoms with Crippen molar-refractivity contribution >= 4 is 0 Å². The average molecular weight is 281 g/mol. The Balaban J connectivity index is 0.000000956. The van der Waals surface area contributed by atoms with E-state index < -0.39 is 0 Å². The Bertz CT molecular complexity index is 237. The van der Waals surface area contributed by atoms with Crippen molar-refractivity contribution in [1.82, 2.24) is 0 Å². The molecule has 0 aromatic rings. The fraction of sp³-hybridized carbons (Fsp3) is 1.00. The second kappa shape index (κ2) is 8.44. The topological polar surface area (TPSA) is 0 Å². The maximum atomic E-state index is 2.59. The van der Waals surface area contributed by atoms with Crippen LogP contribution in [0.2, 0.25) is 0 Å². The zero-order valence-electron chi connectivity index (χ0n) is 15.2. The van der Waals surface area contributed by atoms with E-state index in [-0.39, 0.29) is 0 Å². The lowest BCUT2D eigenvalue weighted by Crippen LogP contribution is -2.36. The van der Waals surface area contributed by atoms with Gasteiger partial charge in [-0.1, -0.05) is 73.6 Å². The first-order valence-electron chi connectivity index (χ1n) is 9.54. The molecule has 2 aliphatic rings. The van der Waals surface area contributed by atoms with Crippen molar-refractivity contribution in [3.63, 3.8) is 0 Å². The van der Waals surface area contributed by atoms with Gasteiger partial charge in [0, 0.05) is 0 Å². The van der Waals surface area contributed by atoms with Crippen molar-refractivity contribution in [2.75, 3.05) is 0 Å². The Labute approximate surface area is 129 Å². The molecular weight excluding hydrogens is 240 g/mol. The van der Waals surface area contributed by atoms with Crippen molar-refractivity contribution in [3.05, 3.63) is 0 Å². The monoisotopic (exact) mass is 280 g/mol. The minimum atomic E-state index is 0.610. The van der Waals surface area contributed by atoms with E-state index in [0.717, 1.165) is 23.7 Å². The minimum absolute atomic E-state index is 0.610. The summed E-state index contributed by atoms with van der Waals surface area (Å²) in [6, 6.07) is 0. The number of rotatable bonds is 3. The predicted octanol–water partition coefficient (Wildman–Crippen LogP) is 7.08.